The lowest BCUT2D eigenvalue weighted by Crippen LogP contribution is -2.31. The predicted octanol–water partition coefficient (Wildman–Crippen LogP) is 4.26. The van der Waals surface area contributed by atoms with E-state index in [1.165, 1.54) is 0 Å². The average molecular weight is 375 g/mol. The lowest BCUT2D eigenvalue weighted by atomic mass is 10.2. The van der Waals surface area contributed by atoms with Gasteiger partial charge in [0.25, 0.3) is 0 Å². The van der Waals surface area contributed by atoms with Gasteiger partial charge in [-0.3, -0.25) is 5.43 Å². The maximum atomic E-state index is 5.83. The van der Waals surface area contributed by atoms with Crippen LogP contribution in [-0.4, -0.2) is 11.3 Å². The van der Waals surface area contributed by atoms with Crippen LogP contribution in [0.2, 0.25) is 0 Å². The molecule has 0 unspecified atom stereocenters. The first-order valence-corrected chi connectivity index (χ1v) is 9.08. The number of ether oxygens (including phenoxy) is 1. The van der Waals surface area contributed by atoms with Gasteiger partial charge < -0.3 is 10.1 Å². The summed E-state index contributed by atoms with van der Waals surface area (Å²) in [4.78, 5) is 0. The molecule has 4 nitrogen and oxygen atoms in total. The van der Waals surface area contributed by atoms with Crippen LogP contribution in [0, 0.1) is 0 Å². The third-order valence-corrected chi connectivity index (χ3v) is 4.02. The zero-order valence-corrected chi connectivity index (χ0v) is 15.7. The minimum atomic E-state index is 0.478. The second-order valence-corrected chi connectivity index (χ2v) is 6.29. The summed E-state index contributed by atoms with van der Waals surface area (Å²) < 4.78 is 5.83. The molecule has 0 fully saturated rings. The lowest BCUT2D eigenvalue weighted by molar-refractivity contribution is 0.306. The van der Waals surface area contributed by atoms with Gasteiger partial charge in [0.1, 0.15) is 12.4 Å². The van der Waals surface area contributed by atoms with Crippen LogP contribution in [0.1, 0.15) is 16.7 Å². The molecule has 0 bridgehead atoms. The van der Waals surface area contributed by atoms with Crippen molar-refractivity contribution in [1.29, 1.82) is 0 Å². The van der Waals surface area contributed by atoms with E-state index in [0.29, 0.717) is 18.3 Å². The molecule has 3 aromatic carbocycles. The van der Waals surface area contributed by atoms with E-state index < -0.39 is 0 Å². The Morgan fingerprint density at radius 3 is 2.33 bits per heavy atom. The van der Waals surface area contributed by atoms with Gasteiger partial charge in [-0.1, -0.05) is 72.8 Å². The summed E-state index contributed by atoms with van der Waals surface area (Å²) in [6.45, 7) is 1.19. The Hall–Kier alpha value is -3.18. The molecular weight excluding hydrogens is 354 g/mol. The second-order valence-electron chi connectivity index (χ2n) is 5.89. The maximum Gasteiger partial charge on any atom is 0.187 e. The molecule has 0 atom stereocenters. The smallest absolute Gasteiger partial charge is 0.187 e. The Labute approximate surface area is 164 Å². The molecule has 0 aliphatic carbocycles. The first-order valence-electron chi connectivity index (χ1n) is 8.67. The Kier molecular flexibility index (Phi) is 6.95. The second kappa shape index (κ2) is 10.1. The van der Waals surface area contributed by atoms with E-state index in [2.05, 4.69) is 15.8 Å². The van der Waals surface area contributed by atoms with Gasteiger partial charge in [-0.25, -0.2) is 0 Å². The number of thiocarbonyl (C=S) groups is 1. The molecule has 0 radical (unpaired) electrons. The summed E-state index contributed by atoms with van der Waals surface area (Å²) in [6.07, 6.45) is 1.71. The molecule has 0 aliphatic rings. The van der Waals surface area contributed by atoms with Gasteiger partial charge in [0.05, 0.1) is 6.21 Å². The zero-order valence-electron chi connectivity index (χ0n) is 14.8. The van der Waals surface area contributed by atoms with Crippen molar-refractivity contribution < 1.29 is 4.74 Å². The van der Waals surface area contributed by atoms with Crippen molar-refractivity contribution in [2.45, 2.75) is 13.2 Å². The number of hydrogen-bond acceptors (Lipinski definition) is 3. The van der Waals surface area contributed by atoms with E-state index in [-0.39, 0.29) is 0 Å². The predicted molar refractivity (Wildman–Crippen MR) is 114 cm³/mol. The molecule has 5 heteroatoms. The first-order chi connectivity index (χ1) is 13.3. The fraction of sp³-hybridized carbons (Fsp3) is 0.0909. The van der Waals surface area contributed by atoms with Crippen LogP contribution in [0.3, 0.4) is 0 Å². The van der Waals surface area contributed by atoms with Crippen LogP contribution in [0.4, 0.5) is 0 Å². The van der Waals surface area contributed by atoms with Crippen molar-refractivity contribution in [3.05, 3.63) is 102 Å². The molecule has 0 aliphatic heterocycles. The highest BCUT2D eigenvalue weighted by Gasteiger charge is 1.98. The fourth-order valence-electron chi connectivity index (χ4n) is 2.41. The standard InChI is InChI=1S/C22H21N3OS/c27-22(23-15-18-8-3-1-4-9-18)25-24-16-20-12-7-13-21(14-20)26-17-19-10-5-2-6-11-19/h1-14,16H,15,17H2,(H2,23,25,27). The van der Waals surface area contributed by atoms with E-state index in [1.807, 2.05) is 84.9 Å². The monoisotopic (exact) mass is 375 g/mol. The normalized spacial score (nSPS) is 10.5. The van der Waals surface area contributed by atoms with Crippen LogP contribution in [0.5, 0.6) is 5.75 Å². The summed E-state index contributed by atoms with van der Waals surface area (Å²) >= 11 is 5.23. The van der Waals surface area contributed by atoms with Crippen molar-refractivity contribution in [2.24, 2.45) is 5.10 Å². The maximum absolute atomic E-state index is 5.83. The fourth-order valence-corrected chi connectivity index (χ4v) is 2.53. The molecule has 2 N–H and O–H groups in total. The minimum absolute atomic E-state index is 0.478. The lowest BCUT2D eigenvalue weighted by Gasteiger charge is -2.07. The van der Waals surface area contributed by atoms with Crippen molar-refractivity contribution >= 4 is 23.5 Å². The van der Waals surface area contributed by atoms with Crippen LogP contribution in [0.15, 0.2) is 90.0 Å². The van der Waals surface area contributed by atoms with Crippen LogP contribution in [-0.2, 0) is 13.2 Å². The molecule has 0 saturated heterocycles. The molecule has 0 amide bonds. The van der Waals surface area contributed by atoms with E-state index in [9.17, 15) is 0 Å². The summed E-state index contributed by atoms with van der Waals surface area (Å²) in [6, 6.07) is 27.9. The summed E-state index contributed by atoms with van der Waals surface area (Å²) in [7, 11) is 0. The number of nitrogens with zero attached hydrogens (tertiary/aromatic N) is 1. The van der Waals surface area contributed by atoms with Crippen molar-refractivity contribution in [2.75, 3.05) is 0 Å². The van der Waals surface area contributed by atoms with Crippen molar-refractivity contribution in [1.82, 2.24) is 10.7 Å². The SMILES string of the molecule is S=C(NCc1ccccc1)NN=Cc1cccc(OCc2ccccc2)c1. The van der Waals surface area contributed by atoms with Crippen LogP contribution in [0.25, 0.3) is 0 Å². The highest BCUT2D eigenvalue weighted by atomic mass is 32.1. The molecule has 136 valence electrons. The number of benzene rings is 3. The molecular formula is C22H21N3OS. The third-order valence-electron chi connectivity index (χ3n) is 3.78. The van der Waals surface area contributed by atoms with Crippen LogP contribution >= 0.6 is 12.2 Å². The largest absolute Gasteiger partial charge is 0.489 e. The Balaban J connectivity index is 1.46. The summed E-state index contributed by atoms with van der Waals surface area (Å²) in [5.74, 6) is 0.799. The van der Waals surface area contributed by atoms with Gasteiger partial charge in [0.2, 0.25) is 0 Å². The molecule has 0 saturated carbocycles. The van der Waals surface area contributed by atoms with E-state index in [1.54, 1.807) is 6.21 Å². The highest BCUT2D eigenvalue weighted by molar-refractivity contribution is 7.80. The van der Waals surface area contributed by atoms with Gasteiger partial charge in [0.15, 0.2) is 5.11 Å². The molecule has 3 aromatic rings. The van der Waals surface area contributed by atoms with Gasteiger partial charge in [0, 0.05) is 6.54 Å². The van der Waals surface area contributed by atoms with E-state index >= 15 is 0 Å². The Morgan fingerprint density at radius 2 is 1.59 bits per heavy atom. The van der Waals surface area contributed by atoms with Gasteiger partial charge >= 0.3 is 0 Å². The molecule has 3 rings (SSSR count). The topological polar surface area (TPSA) is 45.7 Å². The number of nitrogens with one attached hydrogen (secondary N) is 2. The number of hydrazone groups is 1. The van der Waals surface area contributed by atoms with Gasteiger partial charge in [-0.2, -0.15) is 5.10 Å². The molecule has 27 heavy (non-hydrogen) atoms. The van der Waals surface area contributed by atoms with E-state index in [0.717, 1.165) is 22.4 Å². The van der Waals surface area contributed by atoms with E-state index in [4.69, 9.17) is 17.0 Å². The van der Waals surface area contributed by atoms with Crippen molar-refractivity contribution in [3.8, 4) is 5.75 Å². The number of hydrogen-bond donors (Lipinski definition) is 2. The summed E-state index contributed by atoms with van der Waals surface area (Å²) in [5.41, 5.74) is 6.05. The summed E-state index contributed by atoms with van der Waals surface area (Å²) in [5, 5.41) is 7.77. The van der Waals surface area contributed by atoms with Gasteiger partial charge in [-0.15, -0.1) is 0 Å². The van der Waals surface area contributed by atoms with Crippen LogP contribution < -0.4 is 15.5 Å². The Morgan fingerprint density at radius 1 is 0.889 bits per heavy atom. The quantitative estimate of drug-likeness (QED) is 0.368. The Bertz CT molecular complexity index is 882. The zero-order chi connectivity index (χ0) is 18.7. The number of rotatable bonds is 7. The minimum Gasteiger partial charge on any atom is -0.489 e. The first kappa shape index (κ1) is 18.6. The third kappa shape index (κ3) is 6.56. The average Bonchev–Trinajstić information content (AvgIpc) is 2.73. The molecule has 0 spiro atoms. The molecule has 0 aromatic heterocycles. The molecule has 0 heterocycles. The van der Waals surface area contributed by atoms with Crippen molar-refractivity contribution in [3.63, 3.8) is 0 Å². The highest BCUT2D eigenvalue weighted by Crippen LogP contribution is 2.14. The van der Waals surface area contributed by atoms with Gasteiger partial charge in [-0.05, 0) is 41.0 Å².